The summed E-state index contributed by atoms with van der Waals surface area (Å²) in [7, 11) is 0. The first kappa shape index (κ1) is 10.4. The van der Waals surface area contributed by atoms with Crippen LogP contribution in [0.1, 0.15) is 29.9 Å². The van der Waals surface area contributed by atoms with E-state index >= 15 is 0 Å². The van der Waals surface area contributed by atoms with E-state index in [1.54, 1.807) is 0 Å². The summed E-state index contributed by atoms with van der Waals surface area (Å²) in [5.74, 6) is 1.77. The van der Waals surface area contributed by atoms with Gasteiger partial charge < -0.3 is 10.2 Å². The van der Waals surface area contributed by atoms with Crippen molar-refractivity contribution in [2.45, 2.75) is 32.6 Å². The van der Waals surface area contributed by atoms with E-state index in [4.69, 9.17) is 10.2 Å². The van der Waals surface area contributed by atoms with Crippen molar-refractivity contribution in [2.75, 3.05) is 5.73 Å². The van der Waals surface area contributed by atoms with Gasteiger partial charge in [-0.1, -0.05) is 6.07 Å². The smallest absolute Gasteiger partial charge is 0.226 e. The second kappa shape index (κ2) is 3.91. The number of hydrogen-bond donors (Lipinski definition) is 1. The van der Waals surface area contributed by atoms with Crippen molar-refractivity contribution in [3.8, 4) is 11.5 Å². The van der Waals surface area contributed by atoms with Gasteiger partial charge in [-0.3, -0.25) is 0 Å². The van der Waals surface area contributed by atoms with Crippen LogP contribution < -0.4 is 5.73 Å². The van der Waals surface area contributed by atoms with Gasteiger partial charge in [-0.25, -0.2) is 4.98 Å². The number of nitrogens with two attached hydrogens (primary N) is 1. The monoisotopic (exact) mass is 228 g/mol. The van der Waals surface area contributed by atoms with Crippen LogP contribution in [0.5, 0.6) is 0 Å². The quantitative estimate of drug-likeness (QED) is 0.763. The number of anilines is 1. The summed E-state index contributed by atoms with van der Waals surface area (Å²) in [6.07, 6.45) is 4.48. The highest BCUT2D eigenvalue weighted by Gasteiger charge is 2.17. The molecule has 1 aromatic carbocycles. The van der Waals surface area contributed by atoms with Crippen LogP contribution in [0, 0.1) is 6.92 Å². The Bertz CT molecular complexity index is 534. The van der Waals surface area contributed by atoms with Gasteiger partial charge in [0.05, 0.1) is 5.69 Å². The molecule has 3 nitrogen and oxygen atoms in total. The maximum atomic E-state index is 5.91. The van der Waals surface area contributed by atoms with E-state index in [1.807, 2.05) is 25.1 Å². The van der Waals surface area contributed by atoms with Gasteiger partial charge in [0.2, 0.25) is 5.89 Å². The fourth-order valence-electron chi connectivity index (χ4n) is 2.25. The van der Waals surface area contributed by atoms with E-state index in [0.717, 1.165) is 41.1 Å². The fourth-order valence-corrected chi connectivity index (χ4v) is 2.25. The first-order valence-electron chi connectivity index (χ1n) is 6.09. The van der Waals surface area contributed by atoms with Gasteiger partial charge in [-0.15, -0.1) is 0 Å². The maximum absolute atomic E-state index is 5.91. The molecule has 0 atom stereocenters. The molecule has 17 heavy (non-hydrogen) atoms. The van der Waals surface area contributed by atoms with Crippen LogP contribution in [-0.2, 0) is 12.8 Å². The van der Waals surface area contributed by atoms with Crippen molar-refractivity contribution in [3.05, 3.63) is 35.2 Å². The van der Waals surface area contributed by atoms with Gasteiger partial charge in [0.15, 0.2) is 0 Å². The molecule has 1 aromatic heterocycles. The summed E-state index contributed by atoms with van der Waals surface area (Å²) in [4.78, 5) is 4.57. The molecule has 0 amide bonds. The predicted octanol–water partition coefficient (Wildman–Crippen LogP) is 3.11. The largest absolute Gasteiger partial charge is 0.441 e. The van der Waals surface area contributed by atoms with Crippen LogP contribution in [0.15, 0.2) is 22.6 Å². The predicted molar refractivity (Wildman–Crippen MR) is 67.7 cm³/mol. The molecular weight excluding hydrogens is 212 g/mol. The number of nitrogens with zero attached hydrogens (tertiary/aromatic N) is 1. The molecule has 1 aliphatic carbocycles. The van der Waals surface area contributed by atoms with Crippen LogP contribution in [0.25, 0.3) is 11.5 Å². The van der Waals surface area contributed by atoms with Crippen molar-refractivity contribution in [2.24, 2.45) is 0 Å². The van der Waals surface area contributed by atoms with Crippen LogP contribution >= 0.6 is 0 Å². The molecule has 1 heterocycles. The molecule has 0 saturated carbocycles. The number of aromatic nitrogens is 1. The zero-order valence-electron chi connectivity index (χ0n) is 9.99. The standard InChI is InChI=1S/C14H16N2O/c1-9-6-7-10(8-11(9)15)14-16-12-4-2-3-5-13(12)17-14/h6-8H,2-5,15H2,1H3. The Balaban J connectivity index is 2.03. The molecule has 2 N–H and O–H groups in total. The Hall–Kier alpha value is -1.77. The summed E-state index contributed by atoms with van der Waals surface area (Å²) in [6.45, 7) is 2.00. The van der Waals surface area contributed by atoms with Crippen LogP contribution in [0.4, 0.5) is 5.69 Å². The molecule has 2 aromatic rings. The summed E-state index contributed by atoms with van der Waals surface area (Å²) < 4.78 is 5.82. The van der Waals surface area contributed by atoms with Gasteiger partial charge in [0.25, 0.3) is 0 Å². The molecule has 0 fully saturated rings. The van der Waals surface area contributed by atoms with Gasteiger partial charge in [0, 0.05) is 17.7 Å². The molecule has 3 heteroatoms. The fraction of sp³-hybridized carbons (Fsp3) is 0.357. The molecular formula is C14H16N2O. The number of oxazole rings is 1. The highest BCUT2D eigenvalue weighted by molar-refractivity contribution is 5.62. The molecule has 88 valence electrons. The van der Waals surface area contributed by atoms with Crippen molar-refractivity contribution in [3.63, 3.8) is 0 Å². The number of benzene rings is 1. The Morgan fingerprint density at radius 2 is 2.06 bits per heavy atom. The first-order chi connectivity index (χ1) is 8.24. The van der Waals surface area contributed by atoms with Crippen LogP contribution in [0.3, 0.4) is 0 Å². The molecule has 1 aliphatic rings. The molecule has 0 unspecified atom stereocenters. The normalized spacial score (nSPS) is 14.6. The Morgan fingerprint density at radius 1 is 1.24 bits per heavy atom. The third-order valence-corrected chi connectivity index (χ3v) is 3.37. The Kier molecular flexibility index (Phi) is 2.39. The average Bonchev–Trinajstić information content (AvgIpc) is 2.76. The number of rotatable bonds is 1. The lowest BCUT2D eigenvalue weighted by Gasteiger charge is -2.05. The number of hydrogen-bond acceptors (Lipinski definition) is 3. The number of aryl methyl sites for hydroxylation is 3. The molecule has 0 spiro atoms. The SMILES string of the molecule is Cc1ccc(-c2nc3c(o2)CCCC3)cc1N. The topological polar surface area (TPSA) is 52.0 Å². The molecule has 0 saturated heterocycles. The van der Waals surface area contributed by atoms with E-state index in [1.165, 1.54) is 12.8 Å². The van der Waals surface area contributed by atoms with Crippen molar-refractivity contribution in [1.29, 1.82) is 0 Å². The summed E-state index contributed by atoms with van der Waals surface area (Å²) in [5.41, 5.74) is 9.89. The second-order valence-corrected chi connectivity index (χ2v) is 4.67. The number of nitrogen functional groups attached to an aromatic ring is 1. The van der Waals surface area contributed by atoms with Gasteiger partial charge in [-0.2, -0.15) is 0 Å². The third kappa shape index (κ3) is 1.82. The van der Waals surface area contributed by atoms with E-state index < -0.39 is 0 Å². The van der Waals surface area contributed by atoms with Crippen molar-refractivity contribution >= 4 is 5.69 Å². The van der Waals surface area contributed by atoms with E-state index in [-0.39, 0.29) is 0 Å². The lowest BCUT2D eigenvalue weighted by atomic mass is 10.0. The lowest BCUT2D eigenvalue weighted by Crippen LogP contribution is -1.99. The first-order valence-corrected chi connectivity index (χ1v) is 6.09. The second-order valence-electron chi connectivity index (χ2n) is 4.67. The molecule has 0 radical (unpaired) electrons. The number of fused-ring (bicyclic) bond motifs is 1. The van der Waals surface area contributed by atoms with Crippen LogP contribution in [0.2, 0.25) is 0 Å². The highest BCUT2D eigenvalue weighted by atomic mass is 16.4. The summed E-state index contributed by atoms with van der Waals surface area (Å²) in [5, 5.41) is 0. The average molecular weight is 228 g/mol. The minimum Gasteiger partial charge on any atom is -0.441 e. The minimum atomic E-state index is 0.712. The van der Waals surface area contributed by atoms with E-state index in [9.17, 15) is 0 Å². The van der Waals surface area contributed by atoms with Crippen molar-refractivity contribution in [1.82, 2.24) is 4.98 Å². The van der Waals surface area contributed by atoms with Gasteiger partial charge >= 0.3 is 0 Å². The summed E-state index contributed by atoms with van der Waals surface area (Å²) >= 11 is 0. The third-order valence-electron chi connectivity index (χ3n) is 3.37. The van der Waals surface area contributed by atoms with Crippen LogP contribution in [-0.4, -0.2) is 4.98 Å². The Labute approximate surface area is 101 Å². The van der Waals surface area contributed by atoms with E-state index in [2.05, 4.69) is 4.98 Å². The molecule has 0 bridgehead atoms. The van der Waals surface area contributed by atoms with E-state index in [0.29, 0.717) is 5.89 Å². The van der Waals surface area contributed by atoms with Gasteiger partial charge in [-0.05, 0) is 43.9 Å². The molecule has 0 aliphatic heterocycles. The zero-order chi connectivity index (χ0) is 11.8. The lowest BCUT2D eigenvalue weighted by molar-refractivity contribution is 0.487. The maximum Gasteiger partial charge on any atom is 0.226 e. The minimum absolute atomic E-state index is 0.712. The zero-order valence-corrected chi connectivity index (χ0v) is 9.99. The summed E-state index contributed by atoms with van der Waals surface area (Å²) in [6, 6.07) is 5.96. The highest BCUT2D eigenvalue weighted by Crippen LogP contribution is 2.28. The molecule has 3 rings (SSSR count). The van der Waals surface area contributed by atoms with Gasteiger partial charge in [0.1, 0.15) is 5.76 Å². The Morgan fingerprint density at radius 3 is 2.82 bits per heavy atom. The van der Waals surface area contributed by atoms with Crippen molar-refractivity contribution < 1.29 is 4.42 Å².